The van der Waals surface area contributed by atoms with Crippen molar-refractivity contribution in [1.29, 1.82) is 0 Å². The molecular weight excluding hydrogens is 559 g/mol. The Bertz CT molecular complexity index is 1530. The summed E-state index contributed by atoms with van der Waals surface area (Å²) in [6.45, 7) is 26.2. The van der Waals surface area contributed by atoms with Gasteiger partial charge in [0.25, 0.3) is 0 Å². The normalized spacial score (nSPS) is 20.8. The molecule has 0 spiro atoms. The minimum Gasteiger partial charge on any atom is -0.463 e. The fourth-order valence-electron chi connectivity index (χ4n) is 7.34. The molecule has 45 heavy (non-hydrogen) atoms. The number of ether oxygens (including phenoxy) is 1. The smallest absolute Gasteiger partial charge is 0.319 e. The molecule has 2 aromatic rings. The summed E-state index contributed by atoms with van der Waals surface area (Å²) in [7, 11) is 0. The third-order valence-electron chi connectivity index (χ3n) is 11.0. The number of aryl methyl sites for hydroxylation is 1. The van der Waals surface area contributed by atoms with E-state index in [-0.39, 0.29) is 17.2 Å². The highest BCUT2D eigenvalue weighted by atomic mass is 19.1. The lowest BCUT2D eigenvalue weighted by Gasteiger charge is -2.33. The first-order valence-electron chi connectivity index (χ1n) is 17.4. The molecular formula is C39H57FN4O. The van der Waals surface area contributed by atoms with Gasteiger partial charge in [-0.05, 0) is 126 Å². The molecule has 0 bridgehead atoms. The van der Waals surface area contributed by atoms with Crippen LogP contribution in [0.5, 0.6) is 6.01 Å². The van der Waals surface area contributed by atoms with Crippen molar-refractivity contribution in [2.45, 2.75) is 139 Å². The van der Waals surface area contributed by atoms with E-state index >= 15 is 4.39 Å². The molecule has 2 aliphatic rings. The van der Waals surface area contributed by atoms with Gasteiger partial charge >= 0.3 is 6.01 Å². The van der Waals surface area contributed by atoms with Crippen LogP contribution in [0.1, 0.15) is 131 Å². The lowest BCUT2D eigenvalue weighted by atomic mass is 9.82. The number of hydrogen-bond donors (Lipinski definition) is 1. The maximum atomic E-state index is 17.5. The van der Waals surface area contributed by atoms with Crippen LogP contribution in [0.15, 0.2) is 40.6 Å². The number of allylic oxidation sites excluding steroid dienone is 7. The van der Waals surface area contributed by atoms with E-state index in [1.807, 2.05) is 20.8 Å². The SMILES string of the molecule is C=C(C(=C(C)\C(C)=C/C)/C(C)=C(\C)N)c1c(CC)c(CC)c2c(N3C(CC)CCC3CC)nc(OCC3(CC)CC3)nc2c1F. The molecule has 1 saturated heterocycles. The van der Waals surface area contributed by atoms with Gasteiger partial charge in [0.05, 0.1) is 6.61 Å². The first-order valence-corrected chi connectivity index (χ1v) is 17.4. The second-order valence-electron chi connectivity index (χ2n) is 13.4. The molecule has 1 aliphatic carbocycles. The summed E-state index contributed by atoms with van der Waals surface area (Å²) in [5, 5.41) is 0.834. The first-order chi connectivity index (χ1) is 21.4. The van der Waals surface area contributed by atoms with Gasteiger partial charge in [-0.2, -0.15) is 9.97 Å². The van der Waals surface area contributed by atoms with Gasteiger partial charge in [-0.25, -0.2) is 4.39 Å². The van der Waals surface area contributed by atoms with Crippen molar-refractivity contribution >= 4 is 22.3 Å². The molecule has 2 N–H and O–H groups in total. The fraction of sp³-hybridized carbons (Fsp3) is 0.590. The van der Waals surface area contributed by atoms with Crippen LogP contribution in [0.2, 0.25) is 0 Å². The largest absolute Gasteiger partial charge is 0.463 e. The lowest BCUT2D eigenvalue weighted by Crippen LogP contribution is -2.36. The summed E-state index contributed by atoms with van der Waals surface area (Å²) in [4.78, 5) is 12.5. The average molecular weight is 617 g/mol. The second-order valence-corrected chi connectivity index (χ2v) is 13.4. The molecule has 0 radical (unpaired) electrons. The molecule has 0 amide bonds. The Morgan fingerprint density at radius 1 is 0.978 bits per heavy atom. The van der Waals surface area contributed by atoms with E-state index in [2.05, 4.69) is 66.0 Å². The number of anilines is 1. The zero-order valence-corrected chi connectivity index (χ0v) is 29.7. The third kappa shape index (κ3) is 6.44. The average Bonchev–Trinajstić information content (AvgIpc) is 3.71. The van der Waals surface area contributed by atoms with Gasteiger partial charge in [0.1, 0.15) is 11.3 Å². The zero-order valence-electron chi connectivity index (χ0n) is 29.7. The van der Waals surface area contributed by atoms with Crippen LogP contribution < -0.4 is 15.4 Å². The predicted molar refractivity (Wildman–Crippen MR) is 189 cm³/mol. The highest BCUT2D eigenvalue weighted by molar-refractivity contribution is 5.99. The van der Waals surface area contributed by atoms with E-state index in [0.29, 0.717) is 47.5 Å². The molecule has 6 heteroatoms. The van der Waals surface area contributed by atoms with Crippen LogP contribution >= 0.6 is 0 Å². The van der Waals surface area contributed by atoms with Gasteiger partial charge < -0.3 is 15.4 Å². The second kappa shape index (κ2) is 14.1. The molecule has 2 atom stereocenters. The molecule has 1 aliphatic heterocycles. The van der Waals surface area contributed by atoms with Gasteiger partial charge in [-0.1, -0.05) is 52.8 Å². The third-order valence-corrected chi connectivity index (χ3v) is 11.0. The van der Waals surface area contributed by atoms with Crippen molar-refractivity contribution in [2.75, 3.05) is 11.5 Å². The highest BCUT2D eigenvalue weighted by Crippen LogP contribution is 2.49. The standard InChI is InChI=1S/C39H57FN4O/c1-12-23(7)24(8)32(25(9)27(11)41)26(10)33-30(15-4)31(16-5)34-36(35(33)40)42-38(45-22-39(17-6)20-21-39)43-37(34)44-28(13-2)18-19-29(44)14-3/h12,28-29H,10,13-22,41H2,1-9,11H3/b23-12-,27-25+,32-24-. The van der Waals surface area contributed by atoms with Gasteiger partial charge in [-0.15, -0.1) is 0 Å². The van der Waals surface area contributed by atoms with E-state index in [1.165, 1.54) is 0 Å². The van der Waals surface area contributed by atoms with Crippen molar-refractivity contribution in [3.63, 3.8) is 0 Å². The molecule has 1 saturated carbocycles. The van der Waals surface area contributed by atoms with Gasteiger partial charge in [0.2, 0.25) is 0 Å². The van der Waals surface area contributed by atoms with Gasteiger partial charge in [-0.3, -0.25) is 0 Å². The van der Waals surface area contributed by atoms with Crippen LogP contribution in [0.25, 0.3) is 16.5 Å². The number of nitrogens with zero attached hydrogens (tertiary/aromatic N) is 3. The van der Waals surface area contributed by atoms with Crippen LogP contribution in [0, 0.1) is 11.2 Å². The molecule has 2 unspecified atom stereocenters. The van der Waals surface area contributed by atoms with Crippen molar-refractivity contribution < 1.29 is 9.13 Å². The quantitative estimate of drug-likeness (QED) is 0.227. The maximum Gasteiger partial charge on any atom is 0.319 e. The van der Waals surface area contributed by atoms with Crippen molar-refractivity contribution in [3.05, 3.63) is 63.2 Å². The maximum absolute atomic E-state index is 17.5. The van der Waals surface area contributed by atoms with Crippen molar-refractivity contribution in [1.82, 2.24) is 9.97 Å². The number of aromatic nitrogens is 2. The van der Waals surface area contributed by atoms with E-state index in [0.717, 1.165) is 96.0 Å². The number of fused-ring (bicyclic) bond motifs is 1. The minimum absolute atomic E-state index is 0.189. The van der Waals surface area contributed by atoms with E-state index in [1.54, 1.807) is 0 Å². The highest BCUT2D eigenvalue weighted by Gasteiger charge is 2.42. The minimum atomic E-state index is -0.347. The van der Waals surface area contributed by atoms with E-state index in [9.17, 15) is 0 Å². The summed E-state index contributed by atoms with van der Waals surface area (Å²) in [5.41, 5.74) is 14.8. The summed E-state index contributed by atoms with van der Waals surface area (Å²) in [5.74, 6) is 0.487. The Morgan fingerprint density at radius 3 is 2.04 bits per heavy atom. The lowest BCUT2D eigenvalue weighted by molar-refractivity contribution is 0.214. The predicted octanol–water partition coefficient (Wildman–Crippen LogP) is 10.2. The first kappa shape index (κ1) is 34.7. The Labute approximate surface area is 271 Å². The number of nitrogens with two attached hydrogens (primary N) is 1. The molecule has 246 valence electrons. The summed E-state index contributed by atoms with van der Waals surface area (Å²) >= 11 is 0. The van der Waals surface area contributed by atoms with Crippen LogP contribution in [0.3, 0.4) is 0 Å². The Balaban J connectivity index is 2.10. The molecule has 2 heterocycles. The van der Waals surface area contributed by atoms with Gasteiger partial charge in [0, 0.05) is 34.1 Å². The van der Waals surface area contributed by atoms with Gasteiger partial charge in [0.15, 0.2) is 5.82 Å². The zero-order chi connectivity index (χ0) is 33.2. The van der Waals surface area contributed by atoms with Crippen LogP contribution in [0.4, 0.5) is 10.2 Å². The molecule has 2 fully saturated rings. The Kier molecular flexibility index (Phi) is 10.9. The topological polar surface area (TPSA) is 64.3 Å². The molecule has 4 rings (SSSR count). The number of halogens is 1. The monoisotopic (exact) mass is 616 g/mol. The summed E-state index contributed by atoms with van der Waals surface area (Å²) < 4.78 is 23.9. The van der Waals surface area contributed by atoms with Crippen molar-refractivity contribution in [2.24, 2.45) is 11.1 Å². The van der Waals surface area contributed by atoms with Crippen molar-refractivity contribution in [3.8, 4) is 6.01 Å². The number of hydrogen-bond acceptors (Lipinski definition) is 5. The van der Waals surface area contributed by atoms with Crippen LogP contribution in [-0.4, -0.2) is 28.7 Å². The Hall–Kier alpha value is -3.15. The number of benzene rings is 1. The summed E-state index contributed by atoms with van der Waals surface area (Å²) in [6.07, 6.45) is 11.1. The molecule has 1 aromatic heterocycles. The number of rotatable bonds is 13. The molecule has 5 nitrogen and oxygen atoms in total. The molecule has 1 aromatic carbocycles. The van der Waals surface area contributed by atoms with Crippen LogP contribution in [-0.2, 0) is 12.8 Å². The summed E-state index contributed by atoms with van der Waals surface area (Å²) in [6, 6.07) is 0.974. The van der Waals surface area contributed by atoms with E-state index < -0.39 is 0 Å². The Morgan fingerprint density at radius 2 is 1.58 bits per heavy atom. The fourth-order valence-corrected chi connectivity index (χ4v) is 7.34. The van der Waals surface area contributed by atoms with E-state index in [4.69, 9.17) is 20.4 Å².